The highest BCUT2D eigenvalue weighted by molar-refractivity contribution is 7.86. The summed E-state index contributed by atoms with van der Waals surface area (Å²) in [7, 11) is -6.91. The van der Waals surface area contributed by atoms with Gasteiger partial charge in [-0.1, -0.05) is 0 Å². The Kier molecular flexibility index (Phi) is 8.30. The second kappa shape index (κ2) is 9.41. The second-order valence-corrected chi connectivity index (χ2v) is 7.45. The minimum Gasteiger partial charge on any atom is -0.743 e. The van der Waals surface area contributed by atoms with Crippen molar-refractivity contribution in [2.75, 3.05) is 19.8 Å². The summed E-state index contributed by atoms with van der Waals surface area (Å²) in [5.41, 5.74) is 0. The Morgan fingerprint density at radius 3 is 2.13 bits per heavy atom. The maximum Gasteiger partial charge on any atom is 0.468 e. The van der Waals surface area contributed by atoms with Gasteiger partial charge in [0, 0.05) is 13.0 Å². The van der Waals surface area contributed by atoms with Crippen LogP contribution in [0.3, 0.4) is 0 Å². The molecule has 1 rings (SSSR count). The van der Waals surface area contributed by atoms with Gasteiger partial charge in [0.1, 0.15) is 0 Å². The van der Waals surface area contributed by atoms with Crippen molar-refractivity contribution in [2.24, 2.45) is 0 Å². The van der Waals surface area contributed by atoms with Gasteiger partial charge < -0.3 is 23.5 Å². The number of alkyl halides is 7. The summed E-state index contributed by atoms with van der Waals surface area (Å²) < 4.78 is 142. The lowest BCUT2D eigenvalue weighted by Gasteiger charge is -2.34. The molecule has 1 heterocycles. The van der Waals surface area contributed by atoms with Crippen LogP contribution in [0, 0.1) is 0 Å². The first-order chi connectivity index (χ1) is 13.9. The average molecular weight is 493 g/mol. The predicted octanol–water partition coefficient (Wildman–Crippen LogP) is 1.71. The quantitative estimate of drug-likeness (QED) is 0.193. The molecule has 0 N–H and O–H groups in total. The minimum atomic E-state index is -6.91. The van der Waals surface area contributed by atoms with Crippen LogP contribution in [0.1, 0.15) is 26.2 Å². The molecule has 0 bridgehead atoms. The normalized spacial score (nSPS) is 20.2. The van der Waals surface area contributed by atoms with E-state index in [0.29, 0.717) is 0 Å². The van der Waals surface area contributed by atoms with Gasteiger partial charge in [0.25, 0.3) is 0 Å². The molecule has 0 radical (unpaired) electrons. The van der Waals surface area contributed by atoms with E-state index in [1.54, 1.807) is 0 Å². The van der Waals surface area contributed by atoms with Crippen LogP contribution < -0.4 is 0 Å². The fourth-order valence-corrected chi connectivity index (χ4v) is 2.70. The summed E-state index contributed by atoms with van der Waals surface area (Å²) in [5, 5.41) is -6.21. The SMILES string of the molecule is CCOC(=O)C(OCCC(F)(F)C(F)(F)S(=O)(=O)[O-])(OC(=O)C1CCCO1)C(F)(F)F. The largest absolute Gasteiger partial charge is 0.743 e. The topological polar surface area (TPSA) is 128 Å². The highest BCUT2D eigenvalue weighted by Crippen LogP contribution is 2.42. The molecule has 1 aliphatic rings. The van der Waals surface area contributed by atoms with Crippen LogP contribution in [0.25, 0.3) is 0 Å². The zero-order valence-electron chi connectivity index (χ0n) is 15.5. The van der Waals surface area contributed by atoms with Gasteiger partial charge in [0.15, 0.2) is 16.2 Å². The van der Waals surface area contributed by atoms with E-state index in [1.165, 1.54) is 0 Å². The molecule has 0 spiro atoms. The van der Waals surface area contributed by atoms with Gasteiger partial charge in [-0.2, -0.15) is 30.7 Å². The van der Waals surface area contributed by atoms with Gasteiger partial charge >= 0.3 is 35.1 Å². The molecule has 0 aromatic carbocycles. The first kappa shape index (κ1) is 27.3. The monoisotopic (exact) mass is 493 g/mol. The number of hydrogen-bond donors (Lipinski definition) is 0. The van der Waals surface area contributed by atoms with Crippen LogP contribution in [-0.2, 0) is 38.7 Å². The van der Waals surface area contributed by atoms with Gasteiger partial charge in [0.05, 0.1) is 13.2 Å². The van der Waals surface area contributed by atoms with E-state index in [9.17, 15) is 53.3 Å². The van der Waals surface area contributed by atoms with Crippen molar-refractivity contribution >= 4 is 22.1 Å². The summed E-state index contributed by atoms with van der Waals surface area (Å²) >= 11 is 0. The molecular formula is C14H16F7O9S-. The van der Waals surface area contributed by atoms with E-state index in [0.717, 1.165) is 6.92 Å². The number of halogens is 7. The predicted molar refractivity (Wildman–Crippen MR) is 80.6 cm³/mol. The van der Waals surface area contributed by atoms with Crippen LogP contribution in [0.5, 0.6) is 0 Å². The maximum absolute atomic E-state index is 13.6. The molecule has 2 unspecified atom stereocenters. The lowest BCUT2D eigenvalue weighted by molar-refractivity contribution is -0.359. The molecule has 1 saturated heterocycles. The third-order valence-electron chi connectivity index (χ3n) is 3.82. The Balaban J connectivity index is 3.19. The van der Waals surface area contributed by atoms with E-state index in [1.807, 2.05) is 0 Å². The zero-order chi connectivity index (χ0) is 24.3. The maximum atomic E-state index is 13.6. The molecule has 1 aliphatic heterocycles. The fraction of sp³-hybridized carbons (Fsp3) is 0.857. The molecule has 0 saturated carbocycles. The van der Waals surface area contributed by atoms with Crippen molar-refractivity contribution < 1.29 is 72.2 Å². The molecule has 0 aromatic heterocycles. The van der Waals surface area contributed by atoms with Gasteiger partial charge in [0.2, 0.25) is 0 Å². The van der Waals surface area contributed by atoms with Crippen LogP contribution >= 0.6 is 0 Å². The molecule has 17 heteroatoms. The fourth-order valence-electron chi connectivity index (χ4n) is 2.23. The van der Waals surface area contributed by atoms with Crippen molar-refractivity contribution in [1.82, 2.24) is 0 Å². The van der Waals surface area contributed by atoms with Gasteiger partial charge in [-0.15, -0.1) is 0 Å². The molecule has 0 aliphatic carbocycles. The molecule has 0 amide bonds. The summed E-state index contributed by atoms with van der Waals surface area (Å²) in [6, 6.07) is 0. The van der Waals surface area contributed by atoms with Gasteiger partial charge in [-0.05, 0) is 19.8 Å². The molecule has 31 heavy (non-hydrogen) atoms. The number of esters is 2. The molecule has 0 aromatic rings. The van der Waals surface area contributed by atoms with E-state index < -0.39 is 70.9 Å². The second-order valence-electron chi connectivity index (χ2n) is 6.03. The number of carbonyl (C=O) groups excluding carboxylic acids is 2. The highest BCUT2D eigenvalue weighted by atomic mass is 32.2. The van der Waals surface area contributed by atoms with E-state index in [-0.39, 0.29) is 19.4 Å². The lowest BCUT2D eigenvalue weighted by atomic mass is 10.2. The Bertz CT molecular complexity index is 763. The van der Waals surface area contributed by atoms with Crippen LogP contribution in [0.4, 0.5) is 30.7 Å². The van der Waals surface area contributed by atoms with E-state index in [4.69, 9.17) is 4.74 Å². The molecule has 1 fully saturated rings. The third-order valence-corrected chi connectivity index (χ3v) is 4.74. The number of carbonyl (C=O) groups is 2. The summed E-state index contributed by atoms with van der Waals surface area (Å²) in [4.78, 5) is 23.9. The summed E-state index contributed by atoms with van der Waals surface area (Å²) in [5.74, 6) is -14.5. The number of hydrogen-bond acceptors (Lipinski definition) is 9. The number of ether oxygens (including phenoxy) is 4. The Labute approximate surface area is 170 Å². The Morgan fingerprint density at radius 2 is 1.71 bits per heavy atom. The van der Waals surface area contributed by atoms with Crippen molar-refractivity contribution in [2.45, 2.75) is 55.4 Å². The summed E-state index contributed by atoms with van der Waals surface area (Å²) in [6.45, 7) is -1.83. The third kappa shape index (κ3) is 5.75. The summed E-state index contributed by atoms with van der Waals surface area (Å²) in [6.07, 6.45) is -9.85. The van der Waals surface area contributed by atoms with E-state index >= 15 is 0 Å². The van der Waals surface area contributed by atoms with Crippen molar-refractivity contribution in [3.8, 4) is 0 Å². The lowest BCUT2D eigenvalue weighted by Crippen LogP contribution is -2.59. The van der Waals surface area contributed by atoms with Gasteiger partial charge in [-0.3, -0.25) is 0 Å². The molecular weight excluding hydrogens is 477 g/mol. The van der Waals surface area contributed by atoms with Crippen molar-refractivity contribution in [1.29, 1.82) is 0 Å². The average Bonchev–Trinajstić information content (AvgIpc) is 3.13. The van der Waals surface area contributed by atoms with Crippen molar-refractivity contribution in [3.05, 3.63) is 0 Å². The van der Waals surface area contributed by atoms with Gasteiger partial charge in [-0.25, -0.2) is 18.0 Å². The highest BCUT2D eigenvalue weighted by Gasteiger charge is 2.69. The zero-order valence-corrected chi connectivity index (χ0v) is 16.4. The van der Waals surface area contributed by atoms with Crippen molar-refractivity contribution in [3.63, 3.8) is 0 Å². The van der Waals surface area contributed by atoms with E-state index in [2.05, 4.69) is 14.2 Å². The first-order valence-electron chi connectivity index (χ1n) is 8.36. The molecule has 2 atom stereocenters. The minimum absolute atomic E-state index is 0.0377. The van der Waals surface area contributed by atoms with Crippen LogP contribution in [0.2, 0.25) is 0 Å². The number of rotatable bonds is 10. The smallest absolute Gasteiger partial charge is 0.468 e. The first-order valence-corrected chi connectivity index (χ1v) is 9.77. The molecule has 182 valence electrons. The van der Waals surface area contributed by atoms with Crippen LogP contribution in [0.15, 0.2) is 0 Å². The van der Waals surface area contributed by atoms with Crippen LogP contribution in [-0.4, -0.2) is 74.0 Å². The standard InChI is InChI=1S/C14H17F7O9S/c1-2-27-10(23)12(13(17,18)19,30-9(22)8-4-3-6-28-8)29-7-5-11(15,16)14(20,21)31(24,25)26/h8H,2-7H2,1H3,(H,24,25,26)/p-1. The molecule has 9 nitrogen and oxygen atoms in total. The Hall–Kier alpha value is -1.72. The Morgan fingerprint density at radius 1 is 1.13 bits per heavy atom.